The van der Waals surface area contributed by atoms with Crippen LogP contribution in [0.25, 0.3) is 11.3 Å². The number of ether oxygens (including phenoxy) is 3. The second-order valence-electron chi connectivity index (χ2n) is 7.63. The maximum Gasteiger partial charge on any atom is 0.317 e. The predicted molar refractivity (Wildman–Crippen MR) is 109 cm³/mol. The van der Waals surface area contributed by atoms with E-state index in [0.29, 0.717) is 45.5 Å². The highest BCUT2D eigenvalue weighted by molar-refractivity contribution is 5.74. The van der Waals surface area contributed by atoms with Gasteiger partial charge in [-0.25, -0.2) is 14.8 Å². The first-order chi connectivity index (χ1) is 14.8. The van der Waals surface area contributed by atoms with Crippen molar-refractivity contribution in [3.63, 3.8) is 0 Å². The van der Waals surface area contributed by atoms with Crippen LogP contribution in [-0.2, 0) is 14.2 Å². The molecule has 0 saturated carbocycles. The van der Waals surface area contributed by atoms with Crippen molar-refractivity contribution >= 4 is 12.0 Å². The molecule has 158 valence electrons. The van der Waals surface area contributed by atoms with Crippen molar-refractivity contribution in [2.45, 2.75) is 24.3 Å². The average Bonchev–Trinajstić information content (AvgIpc) is 3.38. The number of rotatable bonds is 4. The van der Waals surface area contributed by atoms with Crippen molar-refractivity contribution in [3.05, 3.63) is 42.6 Å². The van der Waals surface area contributed by atoms with Crippen LogP contribution in [0, 0.1) is 0 Å². The van der Waals surface area contributed by atoms with Crippen LogP contribution in [0.4, 0.5) is 10.7 Å². The first-order valence-electron chi connectivity index (χ1n) is 10.3. The standard InChI is InChI=1S/C21H25N5O4/c27-21(26-8-10-28-11-9-26)25-17-13-30-18-16(12-29-19(17)18)24-20-22-7-6-15(23-20)14-4-2-1-3-5-14/h1-7,16-19H,8-13H2,(H,25,27)(H,22,23,24). The average molecular weight is 411 g/mol. The third kappa shape index (κ3) is 3.96. The molecular formula is C21H25N5O4. The maximum atomic E-state index is 12.5. The van der Waals surface area contributed by atoms with Crippen LogP contribution >= 0.6 is 0 Å². The van der Waals surface area contributed by atoms with Crippen molar-refractivity contribution in [3.8, 4) is 11.3 Å². The molecule has 1 aromatic carbocycles. The van der Waals surface area contributed by atoms with Crippen LogP contribution < -0.4 is 10.6 Å². The van der Waals surface area contributed by atoms with E-state index in [9.17, 15) is 4.79 Å². The number of benzene rings is 1. The number of aromatic nitrogens is 2. The Labute approximate surface area is 174 Å². The highest BCUT2D eigenvalue weighted by Gasteiger charge is 2.48. The van der Waals surface area contributed by atoms with E-state index in [-0.39, 0.29) is 30.3 Å². The molecule has 0 spiro atoms. The van der Waals surface area contributed by atoms with E-state index in [1.807, 2.05) is 36.4 Å². The zero-order valence-electron chi connectivity index (χ0n) is 16.6. The number of carbonyl (C=O) groups is 1. The fourth-order valence-electron chi connectivity index (χ4n) is 4.13. The molecule has 1 aromatic heterocycles. The summed E-state index contributed by atoms with van der Waals surface area (Å²) in [7, 11) is 0. The predicted octanol–water partition coefficient (Wildman–Crippen LogP) is 1.13. The molecule has 5 rings (SSSR count). The fourth-order valence-corrected chi connectivity index (χ4v) is 4.13. The van der Waals surface area contributed by atoms with E-state index < -0.39 is 0 Å². The molecule has 30 heavy (non-hydrogen) atoms. The van der Waals surface area contributed by atoms with Gasteiger partial charge >= 0.3 is 6.03 Å². The third-order valence-electron chi connectivity index (χ3n) is 5.70. The lowest BCUT2D eigenvalue weighted by molar-refractivity contribution is 0.0485. The van der Waals surface area contributed by atoms with Crippen molar-refractivity contribution in [1.29, 1.82) is 0 Å². The maximum absolute atomic E-state index is 12.5. The van der Waals surface area contributed by atoms with Gasteiger partial charge in [-0.15, -0.1) is 0 Å². The molecule has 2 N–H and O–H groups in total. The molecule has 4 heterocycles. The minimum absolute atomic E-state index is 0.0775. The van der Waals surface area contributed by atoms with E-state index in [4.69, 9.17) is 14.2 Å². The van der Waals surface area contributed by atoms with Crippen molar-refractivity contribution < 1.29 is 19.0 Å². The Bertz CT molecular complexity index is 877. The number of morpholine rings is 1. The zero-order valence-corrected chi connectivity index (χ0v) is 16.6. The molecular weight excluding hydrogens is 386 g/mol. The number of urea groups is 1. The SMILES string of the molecule is O=C(NC1COC2C(Nc3nccc(-c4ccccc4)n3)COC12)N1CCOCC1. The highest BCUT2D eigenvalue weighted by atomic mass is 16.6. The molecule has 3 aliphatic rings. The number of fused-ring (bicyclic) bond motifs is 1. The van der Waals surface area contributed by atoms with Gasteiger partial charge in [-0.1, -0.05) is 30.3 Å². The van der Waals surface area contributed by atoms with Crippen molar-refractivity contribution in [1.82, 2.24) is 20.2 Å². The van der Waals surface area contributed by atoms with Crippen LogP contribution in [0.5, 0.6) is 0 Å². The molecule has 3 fully saturated rings. The van der Waals surface area contributed by atoms with Crippen LogP contribution in [0.1, 0.15) is 0 Å². The lowest BCUT2D eigenvalue weighted by Gasteiger charge is -2.29. The Hall–Kier alpha value is -2.75. The lowest BCUT2D eigenvalue weighted by atomic mass is 10.1. The second-order valence-corrected chi connectivity index (χ2v) is 7.63. The number of anilines is 1. The Morgan fingerprint density at radius 3 is 2.53 bits per heavy atom. The summed E-state index contributed by atoms with van der Waals surface area (Å²) in [4.78, 5) is 23.2. The van der Waals surface area contributed by atoms with Gasteiger partial charge < -0.3 is 29.7 Å². The van der Waals surface area contributed by atoms with Gasteiger partial charge in [0.25, 0.3) is 0 Å². The van der Waals surface area contributed by atoms with Crippen LogP contribution in [0.3, 0.4) is 0 Å². The number of carbonyl (C=O) groups excluding carboxylic acids is 1. The van der Waals surface area contributed by atoms with Crippen molar-refractivity contribution in [2.24, 2.45) is 0 Å². The Morgan fingerprint density at radius 1 is 1.00 bits per heavy atom. The van der Waals surface area contributed by atoms with Gasteiger partial charge in [0.05, 0.1) is 44.2 Å². The zero-order chi connectivity index (χ0) is 20.3. The van der Waals surface area contributed by atoms with Gasteiger partial charge in [-0.2, -0.15) is 0 Å². The normalized spacial score (nSPS) is 28.2. The quantitative estimate of drug-likeness (QED) is 0.778. The summed E-state index contributed by atoms with van der Waals surface area (Å²) in [6, 6.07) is 11.5. The fraction of sp³-hybridized carbons (Fsp3) is 0.476. The molecule has 4 unspecified atom stereocenters. The van der Waals surface area contributed by atoms with Gasteiger partial charge in [0.1, 0.15) is 12.2 Å². The Kier molecular flexibility index (Phi) is 5.48. The van der Waals surface area contributed by atoms with Crippen molar-refractivity contribution in [2.75, 3.05) is 44.8 Å². The minimum atomic E-state index is -0.190. The summed E-state index contributed by atoms with van der Waals surface area (Å²) in [5.74, 6) is 0.537. The summed E-state index contributed by atoms with van der Waals surface area (Å²) in [6.07, 6.45) is 1.39. The molecule has 3 saturated heterocycles. The summed E-state index contributed by atoms with van der Waals surface area (Å²) < 4.78 is 17.3. The number of nitrogens with one attached hydrogen (secondary N) is 2. The van der Waals surface area contributed by atoms with E-state index in [1.54, 1.807) is 11.1 Å². The van der Waals surface area contributed by atoms with Crippen LogP contribution in [0.15, 0.2) is 42.6 Å². The largest absolute Gasteiger partial charge is 0.378 e. The molecule has 9 nitrogen and oxygen atoms in total. The lowest BCUT2D eigenvalue weighted by Crippen LogP contribution is -2.52. The van der Waals surface area contributed by atoms with Crippen LogP contribution in [-0.4, -0.2) is 84.7 Å². The third-order valence-corrected chi connectivity index (χ3v) is 5.70. The second kappa shape index (κ2) is 8.55. The topological polar surface area (TPSA) is 97.8 Å². The minimum Gasteiger partial charge on any atom is -0.378 e. The molecule has 0 bridgehead atoms. The van der Waals surface area contributed by atoms with E-state index in [2.05, 4.69) is 20.6 Å². The molecule has 9 heteroatoms. The van der Waals surface area contributed by atoms with Gasteiger partial charge in [0, 0.05) is 24.8 Å². The van der Waals surface area contributed by atoms with E-state index in [0.717, 1.165) is 11.3 Å². The summed E-state index contributed by atoms with van der Waals surface area (Å²) in [6.45, 7) is 3.25. The number of hydrogen-bond donors (Lipinski definition) is 2. The van der Waals surface area contributed by atoms with Gasteiger partial charge in [0.15, 0.2) is 0 Å². The number of hydrogen-bond acceptors (Lipinski definition) is 7. The van der Waals surface area contributed by atoms with Gasteiger partial charge in [-0.3, -0.25) is 0 Å². The first kappa shape index (κ1) is 19.2. The molecule has 0 aliphatic carbocycles. The molecule has 2 aromatic rings. The van der Waals surface area contributed by atoms with E-state index in [1.165, 1.54) is 0 Å². The number of amides is 2. The van der Waals surface area contributed by atoms with Gasteiger partial charge in [-0.05, 0) is 6.07 Å². The summed E-state index contributed by atoms with van der Waals surface area (Å²) in [5.41, 5.74) is 1.89. The Morgan fingerprint density at radius 2 is 1.73 bits per heavy atom. The summed E-state index contributed by atoms with van der Waals surface area (Å²) >= 11 is 0. The van der Waals surface area contributed by atoms with Gasteiger partial charge in [0.2, 0.25) is 5.95 Å². The molecule has 3 aliphatic heterocycles. The first-order valence-corrected chi connectivity index (χ1v) is 10.3. The molecule has 4 atom stereocenters. The highest BCUT2D eigenvalue weighted by Crippen LogP contribution is 2.29. The van der Waals surface area contributed by atoms with Crippen LogP contribution in [0.2, 0.25) is 0 Å². The number of nitrogens with zero attached hydrogens (tertiary/aromatic N) is 3. The molecule has 0 radical (unpaired) electrons. The smallest absolute Gasteiger partial charge is 0.317 e. The summed E-state index contributed by atoms with van der Waals surface area (Å²) in [5, 5.41) is 6.41. The Balaban J connectivity index is 1.21. The van der Waals surface area contributed by atoms with E-state index >= 15 is 0 Å². The monoisotopic (exact) mass is 411 g/mol. The molecule has 2 amide bonds.